The van der Waals surface area contributed by atoms with Crippen molar-refractivity contribution in [2.45, 2.75) is 25.8 Å². The van der Waals surface area contributed by atoms with Gasteiger partial charge in [-0.2, -0.15) is 5.10 Å². The van der Waals surface area contributed by atoms with Crippen molar-refractivity contribution < 1.29 is 5.11 Å². The molecule has 2 aromatic rings. The van der Waals surface area contributed by atoms with Gasteiger partial charge in [0.2, 0.25) is 0 Å². The highest BCUT2D eigenvalue weighted by molar-refractivity contribution is 5.72. The molecule has 6 nitrogen and oxygen atoms in total. The molecule has 0 spiro atoms. The van der Waals surface area contributed by atoms with E-state index in [4.69, 9.17) is 5.11 Å². The van der Waals surface area contributed by atoms with Crippen molar-refractivity contribution in [1.82, 2.24) is 19.7 Å². The van der Waals surface area contributed by atoms with Gasteiger partial charge in [0.25, 0.3) is 5.56 Å². The number of unbranched alkanes of at least 4 members (excludes halogenated alkanes) is 2. The second kappa shape index (κ2) is 4.89. The van der Waals surface area contributed by atoms with E-state index in [1.54, 1.807) is 4.68 Å². The minimum atomic E-state index is -0.161. The van der Waals surface area contributed by atoms with Crippen LogP contribution in [-0.4, -0.2) is 31.5 Å². The lowest BCUT2D eigenvalue weighted by Gasteiger charge is -2.01. The zero-order valence-electron chi connectivity index (χ0n) is 8.89. The van der Waals surface area contributed by atoms with E-state index in [1.165, 1.54) is 12.5 Å². The highest BCUT2D eigenvalue weighted by Crippen LogP contribution is 2.06. The number of aromatic nitrogens is 4. The Morgan fingerprint density at radius 1 is 1.38 bits per heavy atom. The van der Waals surface area contributed by atoms with Crippen molar-refractivity contribution in [2.24, 2.45) is 0 Å². The van der Waals surface area contributed by atoms with Gasteiger partial charge in [-0.1, -0.05) is 0 Å². The van der Waals surface area contributed by atoms with Crippen LogP contribution in [0.15, 0.2) is 17.3 Å². The first-order valence-electron chi connectivity index (χ1n) is 5.33. The maximum atomic E-state index is 11.4. The standard InChI is InChI=1S/C10H14N4O2/c15-5-3-1-2-4-14-9-8(6-13-14)10(16)12-7-11-9/h6-7,15H,1-5H2,(H,11,12,16). The smallest absolute Gasteiger partial charge is 0.261 e. The number of H-pyrrole nitrogens is 1. The second-order valence-corrected chi connectivity index (χ2v) is 3.62. The van der Waals surface area contributed by atoms with Gasteiger partial charge in [0.15, 0.2) is 5.65 Å². The Balaban J connectivity index is 2.13. The number of nitrogens with one attached hydrogen (secondary N) is 1. The summed E-state index contributed by atoms with van der Waals surface area (Å²) < 4.78 is 1.72. The molecule has 0 aliphatic heterocycles. The summed E-state index contributed by atoms with van der Waals surface area (Å²) in [6, 6.07) is 0. The number of aliphatic hydroxyl groups is 1. The second-order valence-electron chi connectivity index (χ2n) is 3.62. The van der Waals surface area contributed by atoms with Crippen LogP contribution in [-0.2, 0) is 6.54 Å². The van der Waals surface area contributed by atoms with Gasteiger partial charge in [-0.25, -0.2) is 9.67 Å². The highest BCUT2D eigenvalue weighted by Gasteiger charge is 2.05. The Kier molecular flexibility index (Phi) is 3.31. The summed E-state index contributed by atoms with van der Waals surface area (Å²) in [5, 5.41) is 13.3. The lowest BCUT2D eigenvalue weighted by molar-refractivity contribution is 0.281. The fourth-order valence-corrected chi connectivity index (χ4v) is 1.62. The molecule has 2 heterocycles. The third-order valence-corrected chi connectivity index (χ3v) is 2.47. The third kappa shape index (κ3) is 2.11. The van der Waals surface area contributed by atoms with Crippen LogP contribution in [0.2, 0.25) is 0 Å². The van der Waals surface area contributed by atoms with Crippen molar-refractivity contribution in [2.75, 3.05) is 6.61 Å². The van der Waals surface area contributed by atoms with Crippen molar-refractivity contribution in [1.29, 1.82) is 0 Å². The molecule has 0 aliphatic rings. The molecule has 0 radical (unpaired) electrons. The SMILES string of the molecule is O=c1[nH]cnc2c1cnn2CCCCCO. The van der Waals surface area contributed by atoms with Gasteiger partial charge in [0, 0.05) is 13.2 Å². The predicted molar refractivity (Wildman–Crippen MR) is 59.1 cm³/mol. The van der Waals surface area contributed by atoms with Gasteiger partial charge in [-0.15, -0.1) is 0 Å². The summed E-state index contributed by atoms with van der Waals surface area (Å²) in [5.41, 5.74) is 0.458. The summed E-state index contributed by atoms with van der Waals surface area (Å²) in [7, 11) is 0. The van der Waals surface area contributed by atoms with Crippen LogP contribution < -0.4 is 5.56 Å². The molecule has 0 unspecified atom stereocenters. The van der Waals surface area contributed by atoms with Gasteiger partial charge in [0.1, 0.15) is 5.39 Å². The number of aryl methyl sites for hydroxylation is 1. The quantitative estimate of drug-likeness (QED) is 0.712. The van der Waals surface area contributed by atoms with E-state index in [-0.39, 0.29) is 12.2 Å². The van der Waals surface area contributed by atoms with Crippen LogP contribution >= 0.6 is 0 Å². The van der Waals surface area contributed by atoms with Crippen LogP contribution in [0, 0.1) is 0 Å². The molecule has 16 heavy (non-hydrogen) atoms. The molecule has 2 N–H and O–H groups in total. The molecule has 0 saturated heterocycles. The summed E-state index contributed by atoms with van der Waals surface area (Å²) in [6.07, 6.45) is 5.59. The zero-order chi connectivity index (χ0) is 11.4. The first-order chi connectivity index (χ1) is 7.83. The maximum absolute atomic E-state index is 11.4. The van der Waals surface area contributed by atoms with Gasteiger partial charge in [-0.3, -0.25) is 4.79 Å². The Morgan fingerprint density at radius 3 is 3.06 bits per heavy atom. The van der Waals surface area contributed by atoms with Crippen molar-refractivity contribution in [3.05, 3.63) is 22.9 Å². The average Bonchev–Trinajstić information content (AvgIpc) is 2.70. The first-order valence-corrected chi connectivity index (χ1v) is 5.33. The Labute approximate surface area is 91.9 Å². The molecule has 0 bridgehead atoms. The predicted octanol–water partition coefficient (Wildman–Crippen LogP) is 0.282. The molecule has 0 atom stereocenters. The van der Waals surface area contributed by atoms with E-state index < -0.39 is 0 Å². The number of hydrogen-bond acceptors (Lipinski definition) is 4. The van der Waals surface area contributed by atoms with E-state index in [0.717, 1.165) is 25.8 Å². The Hall–Kier alpha value is -1.69. The maximum Gasteiger partial charge on any atom is 0.261 e. The minimum Gasteiger partial charge on any atom is -0.396 e. The van der Waals surface area contributed by atoms with Gasteiger partial charge < -0.3 is 10.1 Å². The summed E-state index contributed by atoms with van der Waals surface area (Å²) >= 11 is 0. The lowest BCUT2D eigenvalue weighted by atomic mass is 10.2. The lowest BCUT2D eigenvalue weighted by Crippen LogP contribution is -2.07. The molecule has 0 aromatic carbocycles. The topological polar surface area (TPSA) is 83.8 Å². The van der Waals surface area contributed by atoms with Gasteiger partial charge >= 0.3 is 0 Å². The summed E-state index contributed by atoms with van der Waals surface area (Å²) in [6.45, 7) is 0.942. The fraction of sp³-hybridized carbons (Fsp3) is 0.500. The van der Waals surface area contributed by atoms with Crippen LogP contribution in [0.5, 0.6) is 0 Å². The van der Waals surface area contributed by atoms with E-state index in [0.29, 0.717) is 11.0 Å². The molecule has 0 saturated carbocycles. The van der Waals surface area contributed by atoms with Crippen LogP contribution in [0.25, 0.3) is 11.0 Å². The molecular formula is C10H14N4O2. The number of hydrogen-bond donors (Lipinski definition) is 2. The Bertz CT molecular complexity index is 517. The van der Waals surface area contributed by atoms with Crippen LogP contribution in [0.4, 0.5) is 0 Å². The van der Waals surface area contributed by atoms with E-state index in [1.807, 2.05) is 0 Å². The van der Waals surface area contributed by atoms with Gasteiger partial charge in [0.05, 0.1) is 12.5 Å². The molecule has 0 amide bonds. The van der Waals surface area contributed by atoms with E-state index in [9.17, 15) is 4.79 Å². The average molecular weight is 222 g/mol. The number of nitrogens with zero attached hydrogens (tertiary/aromatic N) is 3. The third-order valence-electron chi connectivity index (χ3n) is 2.47. The first kappa shape index (κ1) is 10.8. The largest absolute Gasteiger partial charge is 0.396 e. The number of aromatic amines is 1. The Morgan fingerprint density at radius 2 is 2.25 bits per heavy atom. The summed E-state index contributed by atoms with van der Waals surface area (Å²) in [4.78, 5) is 18.0. The van der Waals surface area contributed by atoms with E-state index in [2.05, 4.69) is 15.1 Å². The van der Waals surface area contributed by atoms with Crippen LogP contribution in [0.3, 0.4) is 0 Å². The number of rotatable bonds is 5. The molecule has 0 aliphatic carbocycles. The normalized spacial score (nSPS) is 11.1. The summed E-state index contributed by atoms with van der Waals surface area (Å²) in [5.74, 6) is 0. The molecule has 6 heteroatoms. The van der Waals surface area contributed by atoms with Crippen molar-refractivity contribution >= 4 is 11.0 Å². The monoisotopic (exact) mass is 222 g/mol. The fourth-order valence-electron chi connectivity index (χ4n) is 1.62. The molecular weight excluding hydrogens is 208 g/mol. The highest BCUT2D eigenvalue weighted by atomic mass is 16.2. The zero-order valence-corrected chi connectivity index (χ0v) is 8.89. The molecule has 86 valence electrons. The number of aliphatic hydroxyl groups excluding tert-OH is 1. The van der Waals surface area contributed by atoms with Crippen molar-refractivity contribution in [3.8, 4) is 0 Å². The molecule has 0 fully saturated rings. The molecule has 2 rings (SSSR count). The number of fused-ring (bicyclic) bond motifs is 1. The van der Waals surface area contributed by atoms with Crippen molar-refractivity contribution in [3.63, 3.8) is 0 Å². The van der Waals surface area contributed by atoms with E-state index >= 15 is 0 Å². The molecule has 2 aromatic heterocycles. The minimum absolute atomic E-state index is 0.161. The van der Waals surface area contributed by atoms with Crippen LogP contribution in [0.1, 0.15) is 19.3 Å². The van der Waals surface area contributed by atoms with Gasteiger partial charge in [-0.05, 0) is 19.3 Å².